The first-order valence-corrected chi connectivity index (χ1v) is 11.4. The van der Waals surface area contributed by atoms with Gasteiger partial charge in [-0.3, -0.25) is 4.79 Å². The molecular formula is C20H24BrFN2O4S. The zero-order valence-electron chi connectivity index (χ0n) is 16.6. The summed E-state index contributed by atoms with van der Waals surface area (Å²) in [6.07, 6.45) is 0. The molecule has 0 aromatic heterocycles. The smallest absolute Gasteiger partial charge is 0.254 e. The SMILES string of the molecule is CCN(CC)S(=O)(=O)c1ccc(Br)c(C(=O)N(C)CCOc2ccc(F)cc2)c1. The van der Waals surface area contributed by atoms with Crippen LogP contribution in [0.5, 0.6) is 5.75 Å². The average molecular weight is 487 g/mol. The Kier molecular flexibility index (Phi) is 8.18. The van der Waals surface area contributed by atoms with Crippen molar-refractivity contribution in [2.75, 3.05) is 33.3 Å². The van der Waals surface area contributed by atoms with E-state index in [0.717, 1.165) is 0 Å². The Hall–Kier alpha value is -1.97. The molecule has 158 valence electrons. The van der Waals surface area contributed by atoms with E-state index in [2.05, 4.69) is 15.9 Å². The van der Waals surface area contributed by atoms with Crippen LogP contribution in [-0.4, -0.2) is 56.8 Å². The number of hydrogen-bond donors (Lipinski definition) is 0. The van der Waals surface area contributed by atoms with Crippen LogP contribution < -0.4 is 4.74 Å². The van der Waals surface area contributed by atoms with Crippen LogP contribution in [0.15, 0.2) is 51.8 Å². The zero-order chi connectivity index (χ0) is 21.6. The summed E-state index contributed by atoms with van der Waals surface area (Å²) in [6.45, 7) is 4.71. The molecule has 0 bridgehead atoms. The molecule has 1 amide bonds. The lowest BCUT2D eigenvalue weighted by Crippen LogP contribution is -2.32. The number of carbonyl (C=O) groups excluding carboxylic acids is 1. The maximum atomic E-state index is 12.9. The van der Waals surface area contributed by atoms with Gasteiger partial charge in [0.1, 0.15) is 18.2 Å². The largest absolute Gasteiger partial charge is 0.492 e. The van der Waals surface area contributed by atoms with Gasteiger partial charge in [0.05, 0.1) is 17.0 Å². The van der Waals surface area contributed by atoms with Crippen molar-refractivity contribution in [3.8, 4) is 5.75 Å². The van der Waals surface area contributed by atoms with E-state index in [-0.39, 0.29) is 35.3 Å². The molecule has 9 heteroatoms. The molecule has 2 aromatic rings. The van der Waals surface area contributed by atoms with Crippen LogP contribution in [0.25, 0.3) is 0 Å². The molecule has 0 spiro atoms. The highest BCUT2D eigenvalue weighted by Crippen LogP contribution is 2.24. The van der Waals surface area contributed by atoms with Gasteiger partial charge in [-0.15, -0.1) is 0 Å². The monoisotopic (exact) mass is 486 g/mol. The van der Waals surface area contributed by atoms with E-state index in [4.69, 9.17) is 4.74 Å². The predicted octanol–water partition coefficient (Wildman–Crippen LogP) is 3.77. The van der Waals surface area contributed by atoms with E-state index < -0.39 is 10.0 Å². The lowest BCUT2D eigenvalue weighted by Gasteiger charge is -2.21. The van der Waals surface area contributed by atoms with Crippen molar-refractivity contribution in [2.24, 2.45) is 0 Å². The molecule has 0 saturated heterocycles. The van der Waals surface area contributed by atoms with Gasteiger partial charge in [0.15, 0.2) is 0 Å². The van der Waals surface area contributed by atoms with E-state index in [0.29, 0.717) is 23.3 Å². The molecule has 0 radical (unpaired) electrons. The van der Waals surface area contributed by atoms with Crippen molar-refractivity contribution in [3.05, 3.63) is 58.3 Å². The summed E-state index contributed by atoms with van der Waals surface area (Å²) in [5.74, 6) is -0.189. The number of ether oxygens (including phenoxy) is 1. The van der Waals surface area contributed by atoms with Gasteiger partial charge >= 0.3 is 0 Å². The summed E-state index contributed by atoms with van der Waals surface area (Å²) >= 11 is 3.33. The maximum absolute atomic E-state index is 12.9. The number of benzene rings is 2. The molecule has 0 aliphatic rings. The number of amides is 1. The molecule has 0 N–H and O–H groups in total. The molecule has 6 nitrogen and oxygen atoms in total. The van der Waals surface area contributed by atoms with Crippen molar-refractivity contribution in [1.29, 1.82) is 0 Å². The number of carbonyl (C=O) groups is 1. The molecule has 0 aliphatic heterocycles. The first-order chi connectivity index (χ1) is 13.7. The Morgan fingerprint density at radius 2 is 1.72 bits per heavy atom. The molecule has 2 aromatic carbocycles. The second-order valence-corrected chi connectivity index (χ2v) is 9.05. The van der Waals surface area contributed by atoms with E-state index in [1.165, 1.54) is 45.6 Å². The minimum atomic E-state index is -3.67. The van der Waals surface area contributed by atoms with Crippen LogP contribution in [0.4, 0.5) is 4.39 Å². The fourth-order valence-corrected chi connectivity index (χ4v) is 4.58. The van der Waals surface area contributed by atoms with Crippen molar-refractivity contribution < 1.29 is 22.3 Å². The zero-order valence-corrected chi connectivity index (χ0v) is 19.0. The van der Waals surface area contributed by atoms with Gasteiger partial charge in [0, 0.05) is 24.6 Å². The second-order valence-electron chi connectivity index (χ2n) is 6.26. The van der Waals surface area contributed by atoms with Gasteiger partial charge in [-0.1, -0.05) is 13.8 Å². The Morgan fingerprint density at radius 3 is 2.31 bits per heavy atom. The summed E-state index contributed by atoms with van der Waals surface area (Å²) in [5, 5.41) is 0. The highest BCUT2D eigenvalue weighted by atomic mass is 79.9. The van der Waals surface area contributed by atoms with Gasteiger partial charge in [-0.05, 0) is 58.4 Å². The standard InChI is InChI=1S/C20H24BrFN2O4S/c1-4-24(5-2)29(26,27)17-10-11-19(21)18(14-17)20(25)23(3)12-13-28-16-8-6-15(22)7-9-16/h6-11,14H,4-5,12-13H2,1-3H3. The van der Waals surface area contributed by atoms with Crippen LogP contribution in [0.1, 0.15) is 24.2 Å². The van der Waals surface area contributed by atoms with Crippen LogP contribution >= 0.6 is 15.9 Å². The predicted molar refractivity (Wildman–Crippen MR) is 113 cm³/mol. The number of sulfonamides is 1. The normalized spacial score (nSPS) is 11.5. The van der Waals surface area contributed by atoms with Crippen LogP contribution in [0, 0.1) is 5.82 Å². The number of halogens is 2. The first kappa shape index (κ1) is 23.3. The van der Waals surface area contributed by atoms with Crippen molar-refractivity contribution in [2.45, 2.75) is 18.7 Å². The topological polar surface area (TPSA) is 66.9 Å². The number of nitrogens with zero attached hydrogens (tertiary/aromatic N) is 2. The minimum absolute atomic E-state index is 0.0729. The van der Waals surface area contributed by atoms with Crippen LogP contribution in [0.2, 0.25) is 0 Å². The Labute approximate surface area is 179 Å². The summed E-state index contributed by atoms with van der Waals surface area (Å²) in [7, 11) is -2.06. The van der Waals surface area contributed by atoms with Crippen LogP contribution in [0.3, 0.4) is 0 Å². The summed E-state index contributed by atoms with van der Waals surface area (Å²) < 4.78 is 45.8. The third kappa shape index (κ3) is 5.77. The van der Waals surface area contributed by atoms with E-state index >= 15 is 0 Å². The fraction of sp³-hybridized carbons (Fsp3) is 0.350. The summed E-state index contributed by atoms with van der Waals surface area (Å²) in [4.78, 5) is 14.3. The molecule has 0 unspecified atom stereocenters. The van der Waals surface area contributed by atoms with Gasteiger partial charge in [-0.2, -0.15) is 4.31 Å². The lowest BCUT2D eigenvalue weighted by molar-refractivity contribution is 0.0772. The molecule has 2 rings (SSSR count). The average Bonchev–Trinajstić information content (AvgIpc) is 2.69. The molecule has 0 fully saturated rings. The molecule has 0 heterocycles. The quantitative estimate of drug-likeness (QED) is 0.540. The van der Waals surface area contributed by atoms with Crippen LogP contribution in [-0.2, 0) is 10.0 Å². The number of hydrogen-bond acceptors (Lipinski definition) is 4. The van der Waals surface area contributed by atoms with Gasteiger partial charge < -0.3 is 9.64 Å². The van der Waals surface area contributed by atoms with Gasteiger partial charge in [0.2, 0.25) is 10.0 Å². The fourth-order valence-electron chi connectivity index (χ4n) is 2.68. The molecule has 29 heavy (non-hydrogen) atoms. The Bertz CT molecular complexity index is 947. The third-order valence-corrected chi connectivity index (χ3v) is 7.10. The first-order valence-electron chi connectivity index (χ1n) is 9.14. The highest BCUT2D eigenvalue weighted by molar-refractivity contribution is 9.10. The van der Waals surface area contributed by atoms with Gasteiger partial charge in [0.25, 0.3) is 5.91 Å². The van der Waals surface area contributed by atoms with Gasteiger partial charge in [-0.25, -0.2) is 12.8 Å². The van der Waals surface area contributed by atoms with Crippen molar-refractivity contribution in [1.82, 2.24) is 9.21 Å². The lowest BCUT2D eigenvalue weighted by atomic mass is 10.2. The highest BCUT2D eigenvalue weighted by Gasteiger charge is 2.24. The minimum Gasteiger partial charge on any atom is -0.492 e. The summed E-state index contributed by atoms with van der Waals surface area (Å²) in [6, 6.07) is 10.0. The Balaban J connectivity index is 2.11. The summed E-state index contributed by atoms with van der Waals surface area (Å²) in [5.41, 5.74) is 0.252. The molecule has 0 aliphatic carbocycles. The molecular weight excluding hydrogens is 463 g/mol. The van der Waals surface area contributed by atoms with E-state index in [1.807, 2.05) is 0 Å². The third-order valence-electron chi connectivity index (χ3n) is 4.37. The van der Waals surface area contributed by atoms with E-state index in [1.54, 1.807) is 27.0 Å². The number of likely N-dealkylation sites (N-methyl/N-ethyl adjacent to an activating group) is 1. The number of rotatable bonds is 9. The van der Waals surface area contributed by atoms with Crippen molar-refractivity contribution in [3.63, 3.8) is 0 Å². The molecule has 0 saturated carbocycles. The van der Waals surface area contributed by atoms with E-state index in [9.17, 15) is 17.6 Å². The maximum Gasteiger partial charge on any atom is 0.254 e. The molecule has 0 atom stereocenters. The Morgan fingerprint density at radius 1 is 1.10 bits per heavy atom. The second kappa shape index (κ2) is 10.2. The van der Waals surface area contributed by atoms with Crippen molar-refractivity contribution >= 4 is 31.9 Å².